The predicted molar refractivity (Wildman–Crippen MR) is 144 cm³/mol. The van der Waals surface area contributed by atoms with Crippen LogP contribution in [0.3, 0.4) is 0 Å². The molecule has 10 heteroatoms. The lowest BCUT2D eigenvalue weighted by Crippen LogP contribution is -2.50. The number of amides is 3. The van der Waals surface area contributed by atoms with Crippen LogP contribution < -0.4 is 21.1 Å². The van der Waals surface area contributed by atoms with E-state index >= 15 is 0 Å². The van der Waals surface area contributed by atoms with Crippen LogP contribution in [0.5, 0.6) is 11.5 Å². The third-order valence-corrected chi connectivity index (χ3v) is 8.06. The minimum absolute atomic E-state index is 0.00289. The summed E-state index contributed by atoms with van der Waals surface area (Å²) in [7, 11) is 0. The molecule has 2 aromatic carbocycles. The van der Waals surface area contributed by atoms with E-state index in [0.29, 0.717) is 35.6 Å². The summed E-state index contributed by atoms with van der Waals surface area (Å²) in [6, 6.07) is 17.2. The van der Waals surface area contributed by atoms with Crippen molar-refractivity contribution in [1.82, 2.24) is 15.5 Å². The summed E-state index contributed by atoms with van der Waals surface area (Å²) in [5, 5.41) is 14.9. The van der Waals surface area contributed by atoms with Crippen molar-refractivity contribution in [2.24, 2.45) is 11.1 Å². The molecule has 3 aromatic rings. The molecule has 2 aliphatic rings. The van der Waals surface area contributed by atoms with Crippen LogP contribution in [0.1, 0.15) is 40.6 Å². The van der Waals surface area contributed by atoms with Crippen molar-refractivity contribution >= 4 is 34.9 Å². The molecule has 38 heavy (non-hydrogen) atoms. The number of nitrogens with one attached hydrogen (secondary N) is 3. The smallest absolute Gasteiger partial charge is 0.251 e. The number of hydrogen-bond donors (Lipinski definition) is 4. The standard InChI is InChI=1S/C28H29N5O4S/c1-28-12-22(27(36)31-14-21-11-18(16-38-21)25(29)30)33(23(28)13-28)24(34)15-32-26(35)17-7-9-20(10-8-17)37-19-5-3-2-4-6-19/h2-11,16,22-23H,12-15H2,1H3,(H3,29,30)(H,31,36)(H,32,35)/t22-,23+,28-/m0/s1. The zero-order chi connectivity index (χ0) is 26.9. The van der Waals surface area contributed by atoms with Crippen molar-refractivity contribution in [2.75, 3.05) is 6.54 Å². The van der Waals surface area contributed by atoms with Crippen LogP contribution in [-0.2, 0) is 16.1 Å². The molecule has 196 valence electrons. The minimum atomic E-state index is -0.579. The molecule has 9 nitrogen and oxygen atoms in total. The highest BCUT2D eigenvalue weighted by molar-refractivity contribution is 7.10. The fraction of sp³-hybridized carbons (Fsp3) is 0.286. The van der Waals surface area contributed by atoms with Crippen molar-refractivity contribution in [2.45, 2.75) is 38.4 Å². The number of carbonyl (C=O) groups is 3. The molecular weight excluding hydrogens is 502 g/mol. The number of likely N-dealkylation sites (tertiary alicyclic amines) is 1. The van der Waals surface area contributed by atoms with E-state index in [4.69, 9.17) is 15.9 Å². The van der Waals surface area contributed by atoms with Gasteiger partial charge in [0.25, 0.3) is 5.91 Å². The van der Waals surface area contributed by atoms with Gasteiger partial charge in [-0.25, -0.2) is 0 Å². The molecule has 0 spiro atoms. The highest BCUT2D eigenvalue weighted by Gasteiger charge is 2.64. The van der Waals surface area contributed by atoms with E-state index in [0.717, 1.165) is 11.3 Å². The first-order valence-electron chi connectivity index (χ1n) is 12.4. The number of nitrogens with zero attached hydrogens (tertiary/aromatic N) is 1. The van der Waals surface area contributed by atoms with Crippen molar-refractivity contribution in [3.8, 4) is 11.5 Å². The number of piperidine rings is 1. The van der Waals surface area contributed by atoms with Gasteiger partial charge < -0.3 is 26.0 Å². The maximum Gasteiger partial charge on any atom is 0.251 e. The van der Waals surface area contributed by atoms with Crippen LogP contribution in [0.4, 0.5) is 0 Å². The third-order valence-electron chi connectivity index (χ3n) is 7.12. The molecule has 1 saturated carbocycles. The molecule has 0 radical (unpaired) electrons. The molecule has 5 rings (SSSR count). The van der Waals surface area contributed by atoms with E-state index in [1.165, 1.54) is 11.3 Å². The van der Waals surface area contributed by atoms with Crippen LogP contribution >= 0.6 is 11.3 Å². The number of benzene rings is 2. The number of ether oxygens (including phenoxy) is 1. The van der Waals surface area contributed by atoms with Crippen LogP contribution in [0, 0.1) is 10.8 Å². The molecule has 2 heterocycles. The van der Waals surface area contributed by atoms with Crippen LogP contribution in [-0.4, -0.2) is 47.1 Å². The largest absolute Gasteiger partial charge is 0.457 e. The van der Waals surface area contributed by atoms with Gasteiger partial charge >= 0.3 is 0 Å². The summed E-state index contributed by atoms with van der Waals surface area (Å²) < 4.78 is 5.75. The fourth-order valence-corrected chi connectivity index (χ4v) is 5.74. The number of hydrogen-bond acceptors (Lipinski definition) is 6. The molecule has 2 fully saturated rings. The Hall–Kier alpha value is -4.18. The van der Waals surface area contributed by atoms with Crippen molar-refractivity contribution in [1.29, 1.82) is 5.41 Å². The lowest BCUT2D eigenvalue weighted by molar-refractivity contribution is -0.139. The Morgan fingerprint density at radius 3 is 2.45 bits per heavy atom. The molecule has 3 amide bonds. The molecule has 0 unspecified atom stereocenters. The van der Waals surface area contributed by atoms with E-state index < -0.39 is 6.04 Å². The Morgan fingerprint density at radius 1 is 1.05 bits per heavy atom. The second kappa shape index (κ2) is 10.3. The minimum Gasteiger partial charge on any atom is -0.457 e. The van der Waals surface area contributed by atoms with Gasteiger partial charge in [0.2, 0.25) is 11.8 Å². The Balaban J connectivity index is 1.16. The normalized spacial score (nSPS) is 21.3. The fourth-order valence-electron chi connectivity index (χ4n) is 4.92. The number of thiophene rings is 1. The van der Waals surface area contributed by atoms with E-state index in [-0.39, 0.29) is 41.6 Å². The van der Waals surface area contributed by atoms with Gasteiger partial charge in [-0.3, -0.25) is 19.8 Å². The maximum absolute atomic E-state index is 13.2. The topological polar surface area (TPSA) is 138 Å². The Morgan fingerprint density at radius 2 is 1.76 bits per heavy atom. The number of fused-ring (bicyclic) bond motifs is 1. The zero-order valence-electron chi connectivity index (χ0n) is 20.9. The summed E-state index contributed by atoms with van der Waals surface area (Å²) >= 11 is 1.42. The van der Waals surface area contributed by atoms with Gasteiger partial charge in [0.15, 0.2) is 0 Å². The Bertz CT molecular complexity index is 1370. The predicted octanol–water partition coefficient (Wildman–Crippen LogP) is 3.25. The molecule has 1 aromatic heterocycles. The number of nitrogen functional groups attached to an aromatic ring is 1. The van der Waals surface area contributed by atoms with Gasteiger partial charge in [0, 0.05) is 27.4 Å². The molecule has 5 N–H and O–H groups in total. The SMILES string of the molecule is C[C@@]12C[C@@H](C(=O)NCc3cc(C(=N)N)cs3)N(C(=O)CNC(=O)c3ccc(Oc4ccccc4)cc3)[C@@H]1C2. The number of nitrogens with two attached hydrogens (primary N) is 1. The van der Waals surface area contributed by atoms with Crippen molar-refractivity contribution in [3.63, 3.8) is 0 Å². The van der Waals surface area contributed by atoms with E-state index in [1.54, 1.807) is 40.6 Å². The lowest BCUT2D eigenvalue weighted by atomic mass is 10.0. The van der Waals surface area contributed by atoms with E-state index in [9.17, 15) is 14.4 Å². The third kappa shape index (κ3) is 5.40. The van der Waals surface area contributed by atoms with Crippen LogP contribution in [0.2, 0.25) is 0 Å². The van der Waals surface area contributed by atoms with E-state index in [1.807, 2.05) is 30.3 Å². The van der Waals surface area contributed by atoms with Gasteiger partial charge in [0.05, 0.1) is 13.1 Å². The number of rotatable bonds is 9. The molecular formula is C28H29N5O4S. The first-order valence-corrected chi connectivity index (χ1v) is 13.2. The summed E-state index contributed by atoms with van der Waals surface area (Å²) in [6.45, 7) is 2.20. The quantitative estimate of drug-likeness (QED) is 0.248. The van der Waals surface area contributed by atoms with E-state index in [2.05, 4.69) is 17.6 Å². The van der Waals surface area contributed by atoms with Crippen molar-refractivity contribution in [3.05, 3.63) is 82.0 Å². The summed E-state index contributed by atoms with van der Waals surface area (Å²) in [5.41, 5.74) is 6.48. The molecule has 1 saturated heterocycles. The summed E-state index contributed by atoms with van der Waals surface area (Å²) in [5.74, 6) is 0.416. The molecule has 1 aliphatic heterocycles. The number of para-hydroxylation sites is 1. The monoisotopic (exact) mass is 531 g/mol. The Kier molecular flexibility index (Phi) is 6.90. The molecule has 1 aliphatic carbocycles. The van der Waals surface area contributed by atoms with Crippen LogP contribution in [0.25, 0.3) is 0 Å². The number of carbonyl (C=O) groups excluding carboxylic acids is 3. The van der Waals surface area contributed by atoms with Gasteiger partial charge in [-0.15, -0.1) is 11.3 Å². The highest BCUT2D eigenvalue weighted by Crippen LogP contribution is 2.59. The summed E-state index contributed by atoms with van der Waals surface area (Å²) in [4.78, 5) is 41.4. The first-order chi connectivity index (χ1) is 18.2. The zero-order valence-corrected chi connectivity index (χ0v) is 21.7. The van der Waals surface area contributed by atoms with Gasteiger partial charge in [-0.2, -0.15) is 0 Å². The van der Waals surface area contributed by atoms with Gasteiger partial charge in [-0.05, 0) is 60.7 Å². The molecule has 3 atom stereocenters. The molecule has 0 bridgehead atoms. The van der Waals surface area contributed by atoms with Gasteiger partial charge in [-0.1, -0.05) is 25.1 Å². The van der Waals surface area contributed by atoms with Gasteiger partial charge in [0.1, 0.15) is 23.4 Å². The highest BCUT2D eigenvalue weighted by atomic mass is 32.1. The summed E-state index contributed by atoms with van der Waals surface area (Å²) in [6.07, 6.45) is 1.45. The average molecular weight is 532 g/mol. The number of amidine groups is 1. The van der Waals surface area contributed by atoms with Crippen molar-refractivity contribution < 1.29 is 19.1 Å². The average Bonchev–Trinajstić information content (AvgIpc) is 3.23. The first kappa shape index (κ1) is 25.5. The Labute approximate surface area is 224 Å². The van der Waals surface area contributed by atoms with Crippen LogP contribution in [0.15, 0.2) is 66.0 Å². The second-order valence-corrected chi connectivity index (χ2v) is 10.9. The maximum atomic E-state index is 13.2. The second-order valence-electron chi connectivity index (χ2n) is 9.95. The lowest BCUT2D eigenvalue weighted by Gasteiger charge is -2.27.